The van der Waals surface area contributed by atoms with E-state index in [1.54, 1.807) is 31.5 Å². The fraction of sp³-hybridized carbons (Fsp3) is 0.0625. The minimum Gasteiger partial charge on any atom is -0.496 e. The topological polar surface area (TPSA) is 55.2 Å². The molecule has 0 saturated carbocycles. The monoisotopic (exact) mass is 328 g/mol. The average molecular weight is 328 g/mol. The van der Waals surface area contributed by atoms with Crippen LogP contribution in [0.5, 0.6) is 5.75 Å². The molecule has 0 aliphatic heterocycles. The maximum Gasteiger partial charge on any atom is 0.216 e. The number of H-pyrrole nitrogens is 1. The minimum atomic E-state index is -0.393. The summed E-state index contributed by atoms with van der Waals surface area (Å²) in [6.45, 7) is 0. The van der Waals surface area contributed by atoms with Gasteiger partial charge in [-0.05, 0) is 36.5 Å². The summed E-state index contributed by atoms with van der Waals surface area (Å²) in [5, 5.41) is 11.0. The van der Waals surface area contributed by atoms with E-state index in [9.17, 15) is 4.39 Å². The first-order chi connectivity index (χ1) is 11.2. The van der Waals surface area contributed by atoms with E-state index in [1.165, 1.54) is 10.7 Å². The first-order valence-corrected chi connectivity index (χ1v) is 7.21. The highest BCUT2D eigenvalue weighted by molar-refractivity contribution is 7.71. The van der Waals surface area contributed by atoms with Crippen LogP contribution in [0.1, 0.15) is 5.56 Å². The number of nitrogens with zero attached hydrogens (tertiary/aromatic N) is 3. The predicted molar refractivity (Wildman–Crippen MR) is 88.8 cm³/mol. The molecule has 0 aliphatic carbocycles. The average Bonchev–Trinajstić information content (AvgIpc) is 2.94. The normalized spacial score (nSPS) is 11.0. The second-order valence-corrected chi connectivity index (χ2v) is 5.02. The van der Waals surface area contributed by atoms with Crippen LogP contribution in [0.25, 0.3) is 11.4 Å². The van der Waals surface area contributed by atoms with Gasteiger partial charge in [-0.3, -0.25) is 0 Å². The summed E-state index contributed by atoms with van der Waals surface area (Å²) >= 11 is 5.17. The molecule has 0 spiro atoms. The molecule has 0 unspecified atom stereocenters. The first-order valence-electron chi connectivity index (χ1n) is 6.80. The van der Waals surface area contributed by atoms with Gasteiger partial charge in [0.25, 0.3) is 0 Å². The zero-order valence-electron chi connectivity index (χ0n) is 12.2. The molecule has 0 aliphatic rings. The van der Waals surface area contributed by atoms with Crippen molar-refractivity contribution < 1.29 is 9.13 Å². The van der Waals surface area contributed by atoms with E-state index in [0.29, 0.717) is 17.1 Å². The van der Waals surface area contributed by atoms with Crippen molar-refractivity contribution in [3.05, 3.63) is 64.7 Å². The van der Waals surface area contributed by atoms with Crippen LogP contribution in [-0.2, 0) is 0 Å². The Morgan fingerprint density at radius 2 is 1.96 bits per heavy atom. The minimum absolute atomic E-state index is 0.273. The van der Waals surface area contributed by atoms with Gasteiger partial charge in [0, 0.05) is 5.56 Å². The number of hydrogen-bond acceptors (Lipinski definition) is 4. The Morgan fingerprint density at radius 3 is 2.74 bits per heavy atom. The fourth-order valence-electron chi connectivity index (χ4n) is 2.11. The van der Waals surface area contributed by atoms with Gasteiger partial charge >= 0.3 is 0 Å². The Balaban J connectivity index is 2.05. The van der Waals surface area contributed by atoms with Crippen molar-refractivity contribution >= 4 is 18.4 Å². The summed E-state index contributed by atoms with van der Waals surface area (Å²) in [5.41, 5.74) is 1.09. The van der Waals surface area contributed by atoms with E-state index in [0.717, 1.165) is 5.56 Å². The Labute approximate surface area is 137 Å². The fourth-order valence-corrected chi connectivity index (χ4v) is 2.29. The van der Waals surface area contributed by atoms with Gasteiger partial charge < -0.3 is 4.74 Å². The van der Waals surface area contributed by atoms with Crippen LogP contribution in [0, 0.1) is 10.6 Å². The number of ether oxygens (including phenoxy) is 1. The quantitative estimate of drug-likeness (QED) is 0.588. The standard InChI is InChI=1S/C16H13FN4OS/c1-22-14-9-5-2-6-11(14)10-18-21-15(19-20-16(21)23)12-7-3-4-8-13(12)17/h2-10H,1H3,(H,20,23). The molecule has 23 heavy (non-hydrogen) atoms. The van der Waals surface area contributed by atoms with Crippen LogP contribution in [0.4, 0.5) is 4.39 Å². The molecule has 0 atom stereocenters. The highest BCUT2D eigenvalue weighted by Gasteiger charge is 2.12. The molecular formula is C16H13FN4OS. The number of para-hydroxylation sites is 1. The zero-order chi connectivity index (χ0) is 16.2. The number of hydrogen-bond donors (Lipinski definition) is 1. The van der Waals surface area contributed by atoms with Crippen molar-refractivity contribution in [2.75, 3.05) is 7.11 Å². The third-order valence-corrected chi connectivity index (χ3v) is 3.48. The number of aromatic nitrogens is 3. The molecule has 1 aromatic heterocycles. The van der Waals surface area contributed by atoms with Gasteiger partial charge in [0.15, 0.2) is 5.82 Å². The van der Waals surface area contributed by atoms with Crippen LogP contribution in [0.15, 0.2) is 53.6 Å². The van der Waals surface area contributed by atoms with Crippen LogP contribution < -0.4 is 4.74 Å². The Morgan fingerprint density at radius 1 is 1.22 bits per heavy atom. The van der Waals surface area contributed by atoms with Gasteiger partial charge in [0.1, 0.15) is 11.6 Å². The van der Waals surface area contributed by atoms with Gasteiger partial charge in [0.05, 0.1) is 18.9 Å². The molecule has 1 N–H and O–H groups in total. The molecule has 0 fully saturated rings. The lowest BCUT2D eigenvalue weighted by Crippen LogP contribution is -1.97. The summed E-state index contributed by atoms with van der Waals surface area (Å²) in [7, 11) is 1.58. The lowest BCUT2D eigenvalue weighted by Gasteiger charge is -2.04. The van der Waals surface area contributed by atoms with E-state index < -0.39 is 5.82 Å². The second kappa shape index (κ2) is 6.53. The third kappa shape index (κ3) is 3.04. The molecular weight excluding hydrogens is 315 g/mol. The maximum absolute atomic E-state index is 14.0. The second-order valence-electron chi connectivity index (χ2n) is 4.63. The van der Waals surface area contributed by atoms with Crippen molar-refractivity contribution in [3.63, 3.8) is 0 Å². The molecule has 1 heterocycles. The van der Waals surface area contributed by atoms with Crippen LogP contribution >= 0.6 is 12.2 Å². The molecule has 3 rings (SSSR count). The molecule has 5 nitrogen and oxygen atoms in total. The highest BCUT2D eigenvalue weighted by Crippen LogP contribution is 2.21. The lowest BCUT2D eigenvalue weighted by atomic mass is 10.2. The van der Waals surface area contributed by atoms with Gasteiger partial charge in [-0.2, -0.15) is 14.9 Å². The van der Waals surface area contributed by atoms with E-state index in [4.69, 9.17) is 17.0 Å². The molecule has 2 aromatic carbocycles. The molecule has 0 radical (unpaired) electrons. The highest BCUT2D eigenvalue weighted by atomic mass is 32.1. The van der Waals surface area contributed by atoms with Crippen molar-refractivity contribution in [2.45, 2.75) is 0 Å². The van der Waals surface area contributed by atoms with Crippen molar-refractivity contribution in [1.82, 2.24) is 14.9 Å². The van der Waals surface area contributed by atoms with Crippen molar-refractivity contribution in [1.29, 1.82) is 0 Å². The predicted octanol–water partition coefficient (Wildman–Crippen LogP) is 3.64. The van der Waals surface area contributed by atoms with Crippen LogP contribution in [0.2, 0.25) is 0 Å². The molecule has 0 amide bonds. The van der Waals surface area contributed by atoms with E-state index in [2.05, 4.69) is 15.3 Å². The molecule has 116 valence electrons. The van der Waals surface area contributed by atoms with Gasteiger partial charge in [-0.1, -0.05) is 24.3 Å². The molecule has 7 heteroatoms. The molecule has 3 aromatic rings. The first kappa shape index (κ1) is 15.1. The number of rotatable bonds is 4. The van der Waals surface area contributed by atoms with E-state index >= 15 is 0 Å². The Bertz CT molecular complexity index is 916. The number of aromatic amines is 1. The SMILES string of the molecule is COc1ccccc1C=Nn1c(-c2ccccc2F)n[nH]c1=S. The van der Waals surface area contributed by atoms with Crippen LogP contribution in [-0.4, -0.2) is 28.2 Å². The number of methoxy groups -OCH3 is 1. The summed E-state index contributed by atoms with van der Waals surface area (Å²) in [6.07, 6.45) is 1.59. The molecule has 0 saturated heterocycles. The summed E-state index contributed by atoms with van der Waals surface area (Å²) in [4.78, 5) is 0. The summed E-state index contributed by atoms with van der Waals surface area (Å²) in [5.74, 6) is 0.591. The maximum atomic E-state index is 14.0. The van der Waals surface area contributed by atoms with Crippen molar-refractivity contribution in [3.8, 4) is 17.1 Å². The van der Waals surface area contributed by atoms with Gasteiger partial charge in [-0.25, -0.2) is 9.49 Å². The zero-order valence-corrected chi connectivity index (χ0v) is 13.0. The lowest BCUT2D eigenvalue weighted by molar-refractivity contribution is 0.414. The van der Waals surface area contributed by atoms with E-state index in [-0.39, 0.29) is 4.77 Å². The summed E-state index contributed by atoms with van der Waals surface area (Å²) < 4.78 is 20.9. The third-order valence-electron chi connectivity index (χ3n) is 3.22. The number of benzene rings is 2. The van der Waals surface area contributed by atoms with E-state index in [1.807, 2.05) is 24.3 Å². The number of halogens is 1. The van der Waals surface area contributed by atoms with Gasteiger partial charge in [-0.15, -0.1) is 0 Å². The largest absolute Gasteiger partial charge is 0.496 e. The Kier molecular flexibility index (Phi) is 4.29. The molecule has 0 bridgehead atoms. The van der Waals surface area contributed by atoms with Gasteiger partial charge in [0.2, 0.25) is 4.77 Å². The Hall–Kier alpha value is -2.80. The smallest absolute Gasteiger partial charge is 0.216 e. The van der Waals surface area contributed by atoms with Crippen molar-refractivity contribution in [2.24, 2.45) is 5.10 Å². The van der Waals surface area contributed by atoms with Crippen LogP contribution in [0.3, 0.4) is 0 Å². The summed E-state index contributed by atoms with van der Waals surface area (Å²) in [6, 6.07) is 13.7. The number of nitrogens with one attached hydrogen (secondary N) is 1.